The molecule has 2 atom stereocenters. The largest absolute Gasteiger partial charge is 0.317 e. The Hall–Kier alpha value is -1.36. The highest BCUT2D eigenvalue weighted by molar-refractivity contribution is 5.97. The molecule has 0 aliphatic heterocycles. The van der Waals surface area contributed by atoms with Crippen LogP contribution in [0.5, 0.6) is 0 Å². The van der Waals surface area contributed by atoms with Crippen molar-refractivity contribution in [2.24, 2.45) is 18.7 Å². The molecule has 2 unspecified atom stereocenters. The van der Waals surface area contributed by atoms with Crippen molar-refractivity contribution < 1.29 is 4.79 Å². The highest BCUT2D eigenvalue weighted by atomic mass is 16.2. The normalized spacial score (nSPS) is 29.0. The van der Waals surface area contributed by atoms with Crippen molar-refractivity contribution in [3.8, 4) is 0 Å². The second kappa shape index (κ2) is 4.49. The molecule has 1 heterocycles. The number of aromatic nitrogens is 2. The maximum Gasteiger partial charge on any atom is 0.245 e. The molecule has 1 amide bonds. The quantitative estimate of drug-likeness (QED) is 0.812. The van der Waals surface area contributed by atoms with Crippen molar-refractivity contribution in [3.63, 3.8) is 0 Å². The van der Waals surface area contributed by atoms with E-state index < -0.39 is 5.54 Å². The number of carbonyl (C=O) groups is 1. The molecule has 94 valence electrons. The van der Waals surface area contributed by atoms with E-state index in [1.807, 2.05) is 7.05 Å². The fourth-order valence-corrected chi connectivity index (χ4v) is 2.52. The first-order valence-corrected chi connectivity index (χ1v) is 6.09. The molecule has 1 aliphatic rings. The minimum absolute atomic E-state index is 0.109. The van der Waals surface area contributed by atoms with Gasteiger partial charge in [0.1, 0.15) is 0 Å². The van der Waals surface area contributed by atoms with Crippen molar-refractivity contribution in [1.82, 2.24) is 9.78 Å². The molecule has 0 spiro atoms. The summed E-state index contributed by atoms with van der Waals surface area (Å²) in [6.07, 6.45) is 5.49. The van der Waals surface area contributed by atoms with Gasteiger partial charge in [0.2, 0.25) is 5.91 Å². The van der Waals surface area contributed by atoms with E-state index in [0.29, 0.717) is 11.7 Å². The van der Waals surface area contributed by atoms with Crippen molar-refractivity contribution in [2.45, 2.75) is 38.1 Å². The highest BCUT2D eigenvalue weighted by Crippen LogP contribution is 2.31. The summed E-state index contributed by atoms with van der Waals surface area (Å²) in [7, 11) is 1.82. The van der Waals surface area contributed by atoms with E-state index in [9.17, 15) is 4.79 Å². The van der Waals surface area contributed by atoms with Gasteiger partial charge in [-0.1, -0.05) is 19.8 Å². The molecule has 1 aliphatic carbocycles. The van der Waals surface area contributed by atoms with Crippen LogP contribution in [0.4, 0.5) is 5.82 Å². The topological polar surface area (TPSA) is 72.9 Å². The second-order valence-electron chi connectivity index (χ2n) is 5.19. The van der Waals surface area contributed by atoms with E-state index in [-0.39, 0.29) is 5.91 Å². The van der Waals surface area contributed by atoms with Crippen LogP contribution in [0.2, 0.25) is 0 Å². The first-order chi connectivity index (χ1) is 7.99. The van der Waals surface area contributed by atoms with Crippen LogP contribution in [-0.4, -0.2) is 21.2 Å². The maximum absolute atomic E-state index is 12.2. The van der Waals surface area contributed by atoms with Gasteiger partial charge in [-0.05, 0) is 18.8 Å². The highest BCUT2D eigenvalue weighted by Gasteiger charge is 2.38. The summed E-state index contributed by atoms with van der Waals surface area (Å²) in [6.45, 7) is 2.15. The number of hydrogen-bond donors (Lipinski definition) is 2. The second-order valence-corrected chi connectivity index (χ2v) is 5.19. The average molecular weight is 236 g/mol. The number of nitrogens with zero attached hydrogens (tertiary/aromatic N) is 2. The summed E-state index contributed by atoms with van der Waals surface area (Å²) < 4.78 is 1.66. The summed E-state index contributed by atoms with van der Waals surface area (Å²) in [5.41, 5.74) is 5.47. The first-order valence-electron chi connectivity index (χ1n) is 6.09. The lowest BCUT2D eigenvalue weighted by Crippen LogP contribution is -2.53. The molecular weight excluding hydrogens is 216 g/mol. The van der Waals surface area contributed by atoms with Crippen LogP contribution in [0, 0.1) is 5.92 Å². The van der Waals surface area contributed by atoms with Crippen LogP contribution in [0.3, 0.4) is 0 Å². The number of carbonyl (C=O) groups excluding carboxylic acids is 1. The van der Waals surface area contributed by atoms with E-state index in [2.05, 4.69) is 17.3 Å². The van der Waals surface area contributed by atoms with E-state index in [1.165, 1.54) is 0 Å². The molecule has 1 fully saturated rings. The van der Waals surface area contributed by atoms with Gasteiger partial charge in [0.25, 0.3) is 0 Å². The number of nitrogens with one attached hydrogen (secondary N) is 1. The molecule has 3 N–H and O–H groups in total. The number of hydrogen-bond acceptors (Lipinski definition) is 3. The average Bonchev–Trinajstić information content (AvgIpc) is 2.63. The van der Waals surface area contributed by atoms with Crippen LogP contribution >= 0.6 is 0 Å². The third-order valence-corrected chi connectivity index (χ3v) is 3.44. The van der Waals surface area contributed by atoms with E-state index in [0.717, 1.165) is 25.7 Å². The maximum atomic E-state index is 12.2. The molecule has 1 aromatic rings. The molecule has 2 rings (SSSR count). The van der Waals surface area contributed by atoms with Crippen LogP contribution in [-0.2, 0) is 11.8 Å². The SMILES string of the molecule is CC1CCCC(N)(C(=O)Nc2ccn(C)n2)C1. The number of anilines is 1. The Balaban J connectivity index is 2.03. The van der Waals surface area contributed by atoms with Gasteiger partial charge in [0.05, 0.1) is 5.54 Å². The third kappa shape index (κ3) is 2.66. The summed E-state index contributed by atoms with van der Waals surface area (Å²) >= 11 is 0. The first kappa shape index (κ1) is 12.1. The lowest BCUT2D eigenvalue weighted by atomic mass is 9.76. The van der Waals surface area contributed by atoms with Gasteiger partial charge in [-0.2, -0.15) is 5.10 Å². The lowest BCUT2D eigenvalue weighted by molar-refractivity contribution is -0.122. The Bertz CT molecular complexity index is 414. The molecule has 0 saturated heterocycles. The van der Waals surface area contributed by atoms with Gasteiger partial charge >= 0.3 is 0 Å². The molecule has 0 radical (unpaired) electrons. The third-order valence-electron chi connectivity index (χ3n) is 3.44. The van der Waals surface area contributed by atoms with E-state index in [4.69, 9.17) is 5.73 Å². The predicted molar refractivity (Wildman–Crippen MR) is 66.4 cm³/mol. The van der Waals surface area contributed by atoms with Crippen LogP contribution < -0.4 is 11.1 Å². The molecule has 0 bridgehead atoms. The van der Waals surface area contributed by atoms with Gasteiger partial charge in [-0.3, -0.25) is 9.48 Å². The Kier molecular flexibility index (Phi) is 3.19. The fraction of sp³-hybridized carbons (Fsp3) is 0.667. The summed E-state index contributed by atoms with van der Waals surface area (Å²) in [5, 5.41) is 6.92. The van der Waals surface area contributed by atoms with Gasteiger partial charge in [-0.25, -0.2) is 0 Å². The zero-order chi connectivity index (χ0) is 12.5. The molecule has 5 nitrogen and oxygen atoms in total. The van der Waals surface area contributed by atoms with Gasteiger partial charge in [0, 0.05) is 19.3 Å². The van der Waals surface area contributed by atoms with E-state index >= 15 is 0 Å². The lowest BCUT2D eigenvalue weighted by Gasteiger charge is -2.35. The van der Waals surface area contributed by atoms with Gasteiger partial charge < -0.3 is 11.1 Å². The Morgan fingerprint density at radius 3 is 3.06 bits per heavy atom. The number of amides is 1. The number of rotatable bonds is 2. The predicted octanol–water partition coefficient (Wildman–Crippen LogP) is 1.27. The zero-order valence-electron chi connectivity index (χ0n) is 10.4. The van der Waals surface area contributed by atoms with E-state index in [1.54, 1.807) is 16.9 Å². The van der Waals surface area contributed by atoms with Crippen LogP contribution in [0.25, 0.3) is 0 Å². The molecular formula is C12H20N4O. The number of nitrogens with two attached hydrogens (primary N) is 1. The van der Waals surface area contributed by atoms with Crippen LogP contribution in [0.15, 0.2) is 12.3 Å². The summed E-state index contributed by atoms with van der Waals surface area (Å²) in [6, 6.07) is 1.77. The van der Waals surface area contributed by atoms with Crippen molar-refractivity contribution in [3.05, 3.63) is 12.3 Å². The smallest absolute Gasteiger partial charge is 0.245 e. The Labute approximate surface area is 101 Å². The fourth-order valence-electron chi connectivity index (χ4n) is 2.52. The molecule has 5 heteroatoms. The van der Waals surface area contributed by atoms with Crippen molar-refractivity contribution in [1.29, 1.82) is 0 Å². The Morgan fingerprint density at radius 2 is 2.47 bits per heavy atom. The van der Waals surface area contributed by atoms with Crippen molar-refractivity contribution in [2.75, 3.05) is 5.32 Å². The summed E-state index contributed by atoms with van der Waals surface area (Å²) in [5.74, 6) is 0.978. The Morgan fingerprint density at radius 1 is 1.71 bits per heavy atom. The molecule has 1 aromatic heterocycles. The molecule has 17 heavy (non-hydrogen) atoms. The standard InChI is InChI=1S/C12H20N4O/c1-9-4-3-6-12(13,8-9)11(17)14-10-5-7-16(2)15-10/h5,7,9H,3-4,6,8,13H2,1-2H3,(H,14,15,17). The zero-order valence-corrected chi connectivity index (χ0v) is 10.4. The van der Waals surface area contributed by atoms with Gasteiger partial charge in [-0.15, -0.1) is 0 Å². The number of aryl methyl sites for hydroxylation is 1. The minimum Gasteiger partial charge on any atom is -0.317 e. The minimum atomic E-state index is -0.727. The van der Waals surface area contributed by atoms with Gasteiger partial charge in [0.15, 0.2) is 5.82 Å². The summed E-state index contributed by atoms with van der Waals surface area (Å²) in [4.78, 5) is 12.2. The van der Waals surface area contributed by atoms with Crippen molar-refractivity contribution >= 4 is 11.7 Å². The molecule has 1 saturated carbocycles. The van der Waals surface area contributed by atoms with Crippen LogP contribution in [0.1, 0.15) is 32.6 Å². The monoisotopic (exact) mass is 236 g/mol. The molecule has 0 aromatic carbocycles.